The second-order valence-electron chi connectivity index (χ2n) is 7.06. The van der Waals surface area contributed by atoms with Crippen molar-refractivity contribution in [2.45, 2.75) is 26.3 Å². The minimum atomic E-state index is -0.795. The van der Waals surface area contributed by atoms with Gasteiger partial charge in [0.05, 0.1) is 18.6 Å². The number of methoxy groups -OCH3 is 1. The number of carbonyl (C=O) groups is 3. The third-order valence-electron chi connectivity index (χ3n) is 5.33. The molecule has 0 aliphatic carbocycles. The van der Waals surface area contributed by atoms with Crippen LogP contribution in [-0.2, 0) is 20.9 Å². The fraction of sp³-hybridized carbons (Fsp3) is 0.261. The summed E-state index contributed by atoms with van der Waals surface area (Å²) in [6.07, 6.45) is 1.86. The Bertz CT molecular complexity index is 1180. The number of esters is 1. The summed E-state index contributed by atoms with van der Waals surface area (Å²) in [5.41, 5.74) is 2.55. The van der Waals surface area contributed by atoms with Crippen molar-refractivity contribution in [3.63, 3.8) is 0 Å². The van der Waals surface area contributed by atoms with Crippen molar-refractivity contribution in [2.24, 2.45) is 0 Å². The second kappa shape index (κ2) is 7.67. The van der Waals surface area contributed by atoms with E-state index >= 15 is 0 Å². The van der Waals surface area contributed by atoms with Gasteiger partial charge in [0.25, 0.3) is 0 Å². The highest BCUT2D eigenvalue weighted by molar-refractivity contribution is 6.39. The van der Waals surface area contributed by atoms with Crippen LogP contribution in [-0.4, -0.2) is 36.0 Å². The van der Waals surface area contributed by atoms with Gasteiger partial charge in [-0.05, 0) is 42.3 Å². The first-order valence-electron chi connectivity index (χ1n) is 9.60. The predicted octanol–water partition coefficient (Wildman–Crippen LogP) is 3.47. The van der Waals surface area contributed by atoms with Crippen LogP contribution in [0.25, 0.3) is 10.9 Å². The van der Waals surface area contributed by atoms with Gasteiger partial charge in [-0.1, -0.05) is 12.1 Å². The van der Waals surface area contributed by atoms with E-state index in [2.05, 4.69) is 0 Å². The Morgan fingerprint density at radius 1 is 1.10 bits per heavy atom. The molecule has 0 bridgehead atoms. The number of ether oxygens (including phenoxy) is 3. The number of hydrogen-bond donors (Lipinski definition) is 0. The zero-order valence-corrected chi connectivity index (χ0v) is 16.9. The predicted molar refractivity (Wildman–Crippen MR) is 109 cm³/mol. The summed E-state index contributed by atoms with van der Waals surface area (Å²) < 4.78 is 17.6. The summed E-state index contributed by atoms with van der Waals surface area (Å²) in [5.74, 6) is -1.12. The van der Waals surface area contributed by atoms with Gasteiger partial charge in [0.1, 0.15) is 0 Å². The number of carbonyl (C=O) groups excluding carboxylic acids is 3. The molecule has 0 spiro atoms. The van der Waals surface area contributed by atoms with E-state index < -0.39 is 23.5 Å². The molecule has 7 heteroatoms. The molecule has 2 heterocycles. The van der Waals surface area contributed by atoms with E-state index in [1.807, 2.05) is 17.7 Å². The van der Waals surface area contributed by atoms with Gasteiger partial charge < -0.3 is 18.8 Å². The number of fused-ring (bicyclic) bond motifs is 2. The molecular weight excluding hydrogens is 386 g/mol. The van der Waals surface area contributed by atoms with Crippen LogP contribution in [0, 0.1) is 0 Å². The molecule has 0 amide bonds. The van der Waals surface area contributed by atoms with Crippen molar-refractivity contribution in [3.8, 4) is 11.5 Å². The fourth-order valence-electron chi connectivity index (χ4n) is 3.82. The first-order chi connectivity index (χ1) is 14.4. The van der Waals surface area contributed by atoms with Crippen LogP contribution in [0.1, 0.15) is 41.3 Å². The molecule has 1 aliphatic heterocycles. The summed E-state index contributed by atoms with van der Waals surface area (Å²) in [7, 11) is 1.33. The lowest BCUT2D eigenvalue weighted by Gasteiger charge is -2.15. The van der Waals surface area contributed by atoms with Crippen LogP contribution >= 0.6 is 0 Å². The number of hydrogen-bond acceptors (Lipinski definition) is 6. The molecule has 154 valence electrons. The standard InChI is InChI=1S/C23H21NO6/c1-4-24-11-17(16-7-5-15(9-18(16)24)23(27)28-3)21(22(26)13(2)25)14-6-8-19-20(10-14)30-12-29-19/h5-11,21H,4,12H2,1-3H3. The van der Waals surface area contributed by atoms with Gasteiger partial charge in [-0.3, -0.25) is 9.59 Å². The van der Waals surface area contributed by atoms with E-state index in [4.69, 9.17) is 14.2 Å². The first-order valence-corrected chi connectivity index (χ1v) is 9.60. The Morgan fingerprint density at radius 3 is 2.57 bits per heavy atom. The smallest absolute Gasteiger partial charge is 0.337 e. The lowest BCUT2D eigenvalue weighted by molar-refractivity contribution is -0.135. The third kappa shape index (κ3) is 3.22. The van der Waals surface area contributed by atoms with Gasteiger partial charge in [-0.15, -0.1) is 0 Å². The quantitative estimate of drug-likeness (QED) is 0.460. The summed E-state index contributed by atoms with van der Waals surface area (Å²) >= 11 is 0. The first kappa shape index (κ1) is 19.7. The maximum absolute atomic E-state index is 13.0. The van der Waals surface area contributed by atoms with Gasteiger partial charge >= 0.3 is 5.97 Å². The van der Waals surface area contributed by atoms with E-state index in [0.717, 1.165) is 10.9 Å². The van der Waals surface area contributed by atoms with Crippen molar-refractivity contribution < 1.29 is 28.6 Å². The highest BCUT2D eigenvalue weighted by Gasteiger charge is 2.30. The molecule has 0 saturated carbocycles. The van der Waals surface area contributed by atoms with E-state index in [1.54, 1.807) is 36.4 Å². The van der Waals surface area contributed by atoms with Gasteiger partial charge in [0.15, 0.2) is 17.3 Å². The minimum Gasteiger partial charge on any atom is -0.465 e. The molecule has 7 nitrogen and oxygen atoms in total. The van der Waals surface area contributed by atoms with Crippen LogP contribution in [0.15, 0.2) is 42.6 Å². The van der Waals surface area contributed by atoms with Crippen molar-refractivity contribution in [2.75, 3.05) is 13.9 Å². The highest BCUT2D eigenvalue weighted by Crippen LogP contribution is 2.39. The second-order valence-corrected chi connectivity index (χ2v) is 7.06. The number of nitrogens with zero attached hydrogens (tertiary/aromatic N) is 1. The normalized spacial score (nSPS) is 13.3. The Morgan fingerprint density at radius 2 is 1.87 bits per heavy atom. The van der Waals surface area contributed by atoms with E-state index in [1.165, 1.54) is 14.0 Å². The van der Waals surface area contributed by atoms with Crippen molar-refractivity contribution in [1.82, 2.24) is 4.57 Å². The summed E-state index contributed by atoms with van der Waals surface area (Å²) in [6.45, 7) is 3.99. The molecule has 1 aromatic heterocycles. The molecule has 1 aliphatic rings. The minimum absolute atomic E-state index is 0.121. The number of ketones is 2. The molecule has 1 atom stereocenters. The molecule has 4 rings (SSSR count). The van der Waals surface area contributed by atoms with E-state index in [-0.39, 0.29) is 6.79 Å². The largest absolute Gasteiger partial charge is 0.465 e. The van der Waals surface area contributed by atoms with Crippen LogP contribution < -0.4 is 9.47 Å². The van der Waals surface area contributed by atoms with Crippen molar-refractivity contribution in [1.29, 1.82) is 0 Å². The SMILES string of the molecule is CCn1cc(C(C(=O)C(C)=O)c2ccc3c(c2)OCO3)c2ccc(C(=O)OC)cc21. The van der Waals surface area contributed by atoms with Gasteiger partial charge in [0.2, 0.25) is 12.6 Å². The molecule has 1 unspecified atom stereocenters. The van der Waals surface area contributed by atoms with Crippen LogP contribution in [0.5, 0.6) is 11.5 Å². The lowest BCUT2D eigenvalue weighted by Crippen LogP contribution is -2.20. The van der Waals surface area contributed by atoms with Gasteiger partial charge in [-0.2, -0.15) is 0 Å². The molecule has 0 fully saturated rings. The number of rotatable bonds is 6. The molecule has 0 saturated heterocycles. The molecule has 30 heavy (non-hydrogen) atoms. The molecule has 2 aromatic carbocycles. The molecule has 3 aromatic rings. The zero-order chi connectivity index (χ0) is 21.4. The number of benzene rings is 2. The Kier molecular flexibility index (Phi) is 5.03. The topological polar surface area (TPSA) is 83.8 Å². The average molecular weight is 407 g/mol. The number of aryl methyl sites for hydroxylation is 1. The zero-order valence-electron chi connectivity index (χ0n) is 16.9. The lowest BCUT2D eigenvalue weighted by atomic mass is 9.85. The van der Waals surface area contributed by atoms with Crippen LogP contribution in [0.3, 0.4) is 0 Å². The summed E-state index contributed by atoms with van der Waals surface area (Å²) in [4.78, 5) is 37.1. The number of Topliss-reactive ketones (excluding diaryl/α,β-unsaturated/α-hetero) is 2. The Balaban J connectivity index is 1.91. The fourth-order valence-corrected chi connectivity index (χ4v) is 3.82. The summed E-state index contributed by atoms with van der Waals surface area (Å²) in [5, 5.41) is 0.793. The monoisotopic (exact) mass is 407 g/mol. The average Bonchev–Trinajstić information content (AvgIpc) is 3.37. The van der Waals surface area contributed by atoms with E-state index in [9.17, 15) is 14.4 Å². The maximum atomic E-state index is 13.0. The van der Waals surface area contributed by atoms with Crippen LogP contribution in [0.2, 0.25) is 0 Å². The maximum Gasteiger partial charge on any atom is 0.337 e. The van der Waals surface area contributed by atoms with E-state index in [0.29, 0.717) is 34.7 Å². The van der Waals surface area contributed by atoms with Crippen LogP contribution in [0.4, 0.5) is 0 Å². The Hall–Kier alpha value is -3.61. The third-order valence-corrected chi connectivity index (χ3v) is 5.33. The number of aromatic nitrogens is 1. The summed E-state index contributed by atoms with van der Waals surface area (Å²) in [6, 6.07) is 10.4. The van der Waals surface area contributed by atoms with Crippen molar-refractivity contribution in [3.05, 3.63) is 59.3 Å². The molecule has 0 N–H and O–H groups in total. The van der Waals surface area contributed by atoms with Crippen molar-refractivity contribution >= 4 is 28.4 Å². The Labute approximate surface area is 173 Å². The highest BCUT2D eigenvalue weighted by atomic mass is 16.7. The van der Waals surface area contributed by atoms with Gasteiger partial charge in [0, 0.05) is 30.6 Å². The van der Waals surface area contributed by atoms with Gasteiger partial charge in [-0.25, -0.2) is 4.79 Å². The molecule has 0 radical (unpaired) electrons. The molecular formula is C23H21NO6.